The van der Waals surface area contributed by atoms with E-state index in [4.69, 9.17) is 14.4 Å². The summed E-state index contributed by atoms with van der Waals surface area (Å²) in [6.07, 6.45) is 0. The zero-order valence-corrected chi connectivity index (χ0v) is 6.60. The van der Waals surface area contributed by atoms with Crippen LogP contribution in [0.2, 0.25) is 0 Å². The molecule has 3 N–H and O–H groups in total. The van der Waals surface area contributed by atoms with Gasteiger partial charge in [-0.25, -0.2) is 4.11 Å². The summed E-state index contributed by atoms with van der Waals surface area (Å²) in [5.41, 5.74) is 0. The van der Waals surface area contributed by atoms with E-state index in [-0.39, 0.29) is 46.1 Å². The van der Waals surface area contributed by atoms with Crippen molar-refractivity contribution in [2.24, 2.45) is 0 Å². The van der Waals surface area contributed by atoms with Gasteiger partial charge in [0.15, 0.2) is 0 Å². The van der Waals surface area contributed by atoms with E-state index in [9.17, 15) is 4.11 Å². The summed E-state index contributed by atoms with van der Waals surface area (Å²) < 4.78 is 10.5. The molecule has 0 unspecified atom stereocenters. The van der Waals surface area contributed by atoms with Gasteiger partial charge in [-0.2, -0.15) is 0 Å². The minimum atomic E-state index is -5.11. The van der Waals surface area contributed by atoms with Crippen LogP contribution in [0, 0.1) is 0 Å². The van der Waals surface area contributed by atoms with Gasteiger partial charge >= 0.3 is 28.0 Å². The minimum Gasteiger partial charge on any atom is -1.00 e. The van der Waals surface area contributed by atoms with Gasteiger partial charge in [0.1, 0.15) is 0 Å². The fraction of sp³-hybridized carbons (Fsp3) is 0. The molecule has 3 nitrogen and oxygen atoms in total. The van der Waals surface area contributed by atoms with Gasteiger partial charge in [-0.05, 0) is 0 Å². The molecule has 0 aromatic rings. The summed E-state index contributed by atoms with van der Waals surface area (Å²) in [7, 11) is -5.11. The third-order valence-corrected chi connectivity index (χ3v) is 0. The Kier molecular flexibility index (Phi) is 12.7. The fourth-order valence-electron chi connectivity index (χ4n) is 0. The average molecular weight is 151 g/mol. The van der Waals surface area contributed by atoms with Gasteiger partial charge < -0.3 is 15.8 Å². The summed E-state index contributed by atoms with van der Waals surface area (Å²) >= 11 is 0. The van der Waals surface area contributed by atoms with Crippen molar-refractivity contribution in [3.05, 3.63) is 0 Å². The number of hydrogen-bond acceptors (Lipinski definition) is 3. The van der Waals surface area contributed by atoms with Crippen LogP contribution in [0.4, 0.5) is 4.11 Å². The molecule has 0 rings (SSSR count). The molecule has 0 heterocycles. The van der Waals surface area contributed by atoms with Crippen molar-refractivity contribution in [1.29, 1.82) is 0 Å². The predicted octanol–water partition coefficient (Wildman–Crippen LogP) is -4.52. The van der Waals surface area contributed by atoms with Crippen LogP contribution >= 0.6 is 0 Å². The van der Waals surface area contributed by atoms with Crippen LogP contribution in [0.3, 0.4) is 0 Å². The third kappa shape index (κ3) is 101. The molecular formula is H4FLiO3ScSi. The largest absolute Gasteiger partial charge is 1.00 e. The Bertz CT molecular complexity index is 34.8. The first-order chi connectivity index (χ1) is 2.00. The van der Waals surface area contributed by atoms with Gasteiger partial charge in [-0.15, -0.1) is 0 Å². The zero-order valence-electron chi connectivity index (χ0n) is 4.80. The van der Waals surface area contributed by atoms with E-state index in [2.05, 4.69) is 0 Å². The van der Waals surface area contributed by atoms with E-state index in [1.165, 1.54) is 0 Å². The van der Waals surface area contributed by atoms with Crippen molar-refractivity contribution in [1.82, 2.24) is 0 Å². The van der Waals surface area contributed by atoms with E-state index >= 15 is 0 Å². The van der Waals surface area contributed by atoms with Gasteiger partial charge in [-0.1, -0.05) is 0 Å². The van der Waals surface area contributed by atoms with Crippen LogP contribution in [0.15, 0.2) is 0 Å². The molecule has 0 bridgehead atoms. The Labute approximate surface area is 73.5 Å². The van der Waals surface area contributed by atoms with Gasteiger partial charge in [0.2, 0.25) is 0 Å². The molecule has 0 saturated carbocycles. The molecule has 7 heteroatoms. The second kappa shape index (κ2) is 5.63. The van der Waals surface area contributed by atoms with Crippen molar-refractivity contribution >= 4 is 9.14 Å². The smallest absolute Gasteiger partial charge is 1.00 e. The van der Waals surface area contributed by atoms with Gasteiger partial charge in [-0.3, -0.25) is 0 Å². The van der Waals surface area contributed by atoms with E-state index < -0.39 is 9.14 Å². The topological polar surface area (TPSA) is 60.7 Å². The molecule has 0 aromatic heterocycles. The molecule has 7 heavy (non-hydrogen) atoms. The van der Waals surface area contributed by atoms with Crippen molar-refractivity contribution in [3.8, 4) is 0 Å². The first-order valence-electron chi connectivity index (χ1n) is 0.860. The first-order valence-corrected chi connectivity index (χ1v) is 2.58. The molecule has 0 fully saturated rings. The normalized spacial score (nSPS) is 8.57. The minimum absolute atomic E-state index is 0. The van der Waals surface area contributed by atoms with E-state index in [1.54, 1.807) is 0 Å². The molecule has 0 aromatic carbocycles. The fourth-order valence-corrected chi connectivity index (χ4v) is 0. The van der Waals surface area contributed by atoms with E-state index in [0.717, 1.165) is 0 Å². The molecule has 0 saturated heterocycles. The van der Waals surface area contributed by atoms with Crippen LogP contribution in [-0.4, -0.2) is 23.5 Å². The SMILES string of the molecule is O[Si](O)(O)F.[H-].[Li+].[Sc]. The maximum atomic E-state index is 10.5. The molecule has 37 valence electrons. The second-order valence-electron chi connectivity index (χ2n) is 0.554. The Hall–Kier alpha value is 1.49. The average Bonchev–Trinajstić information content (AvgIpc) is 0.722. The van der Waals surface area contributed by atoms with Crippen LogP contribution < -0.4 is 18.9 Å². The molecular weight excluding hydrogens is 147 g/mol. The van der Waals surface area contributed by atoms with Crippen LogP contribution in [0.5, 0.6) is 0 Å². The predicted molar refractivity (Wildman–Crippen MR) is 14.6 cm³/mol. The first kappa shape index (κ1) is 15.8. The second-order valence-corrected chi connectivity index (χ2v) is 1.66. The van der Waals surface area contributed by atoms with E-state index in [0.29, 0.717) is 0 Å². The molecule has 0 aliphatic carbocycles. The number of rotatable bonds is 0. The molecule has 0 atom stereocenters. The molecule has 1 radical (unpaired) electrons. The van der Waals surface area contributed by atoms with Gasteiger partial charge in [0.25, 0.3) is 0 Å². The summed E-state index contributed by atoms with van der Waals surface area (Å²) in [5, 5.41) is 0. The Balaban J connectivity index is -0.0000000267. The maximum Gasteiger partial charge on any atom is 1.00 e. The van der Waals surface area contributed by atoms with Crippen LogP contribution in [0.25, 0.3) is 0 Å². The Morgan fingerprint density at radius 2 is 1.29 bits per heavy atom. The molecule has 0 spiro atoms. The number of halogens is 1. The molecule has 0 aliphatic rings. The zero-order chi connectivity index (χ0) is 4.50. The Morgan fingerprint density at radius 1 is 1.29 bits per heavy atom. The Morgan fingerprint density at radius 3 is 1.29 bits per heavy atom. The third-order valence-electron chi connectivity index (χ3n) is 0. The number of hydrogen-bond donors (Lipinski definition) is 3. The van der Waals surface area contributed by atoms with Crippen molar-refractivity contribution in [2.75, 3.05) is 0 Å². The monoisotopic (exact) mass is 151 g/mol. The molecule has 0 aliphatic heterocycles. The maximum absolute atomic E-state index is 10.5. The summed E-state index contributed by atoms with van der Waals surface area (Å²) in [6, 6.07) is 0. The standard InChI is InChI=1S/FH3O3Si.Li.Sc.H/c1-5(2,3)4;;;/h2-4H;;;/q;+1;;-1. The molecule has 0 amide bonds. The van der Waals surface area contributed by atoms with Crippen LogP contribution in [-0.2, 0) is 25.8 Å². The summed E-state index contributed by atoms with van der Waals surface area (Å²) in [4.78, 5) is 21.3. The van der Waals surface area contributed by atoms with Gasteiger partial charge in [0, 0.05) is 25.8 Å². The quantitative estimate of drug-likeness (QED) is 0.241. The van der Waals surface area contributed by atoms with E-state index in [1.807, 2.05) is 0 Å². The van der Waals surface area contributed by atoms with Crippen LogP contribution in [0.1, 0.15) is 1.43 Å². The van der Waals surface area contributed by atoms with Crippen molar-refractivity contribution in [2.45, 2.75) is 0 Å². The van der Waals surface area contributed by atoms with Crippen molar-refractivity contribution in [3.63, 3.8) is 0 Å². The summed E-state index contributed by atoms with van der Waals surface area (Å²) in [5.74, 6) is 0. The summed E-state index contributed by atoms with van der Waals surface area (Å²) in [6.45, 7) is 0. The van der Waals surface area contributed by atoms with Gasteiger partial charge in [0.05, 0.1) is 0 Å². The van der Waals surface area contributed by atoms with Crippen molar-refractivity contribution < 1.29 is 64.6 Å².